The van der Waals surface area contributed by atoms with Gasteiger partial charge in [0, 0.05) is 13.2 Å². The van der Waals surface area contributed by atoms with E-state index in [1.54, 1.807) is 0 Å². The van der Waals surface area contributed by atoms with Crippen molar-refractivity contribution in [1.82, 2.24) is 15.6 Å². The third kappa shape index (κ3) is 2.37. The standard InChI is InChI=1S/C9H14N4O4/c10-7-6(12-17-13-7)8(15)11-9(5-14)1-3-16-4-2-9/h14H,1-5H2,(H2,10,13)(H,11,15). The van der Waals surface area contributed by atoms with Crippen LogP contribution in [0.5, 0.6) is 0 Å². The summed E-state index contributed by atoms with van der Waals surface area (Å²) in [6.07, 6.45) is 1.08. The molecule has 4 N–H and O–H groups in total. The number of hydrogen-bond acceptors (Lipinski definition) is 7. The summed E-state index contributed by atoms with van der Waals surface area (Å²) in [6, 6.07) is 0. The van der Waals surface area contributed by atoms with E-state index >= 15 is 0 Å². The summed E-state index contributed by atoms with van der Waals surface area (Å²) in [5.74, 6) is -0.567. The van der Waals surface area contributed by atoms with E-state index in [4.69, 9.17) is 10.5 Å². The van der Waals surface area contributed by atoms with Gasteiger partial charge in [-0.15, -0.1) is 0 Å². The minimum absolute atomic E-state index is 0.0654. The van der Waals surface area contributed by atoms with E-state index in [1.165, 1.54) is 0 Å². The number of carbonyl (C=O) groups is 1. The van der Waals surface area contributed by atoms with Crippen LogP contribution in [0.15, 0.2) is 4.63 Å². The van der Waals surface area contributed by atoms with Crippen LogP contribution in [-0.4, -0.2) is 46.7 Å². The van der Waals surface area contributed by atoms with Crippen LogP contribution in [0.1, 0.15) is 23.3 Å². The van der Waals surface area contributed by atoms with E-state index in [1.807, 2.05) is 0 Å². The normalized spacial score (nSPS) is 18.9. The Bertz CT molecular complexity index is 399. The lowest BCUT2D eigenvalue weighted by Gasteiger charge is -2.35. The summed E-state index contributed by atoms with van der Waals surface area (Å²) in [7, 11) is 0. The van der Waals surface area contributed by atoms with Crippen molar-refractivity contribution in [3.63, 3.8) is 0 Å². The molecule has 1 aliphatic rings. The van der Waals surface area contributed by atoms with Gasteiger partial charge in [-0.2, -0.15) is 0 Å². The molecule has 1 aromatic heterocycles. The van der Waals surface area contributed by atoms with Crippen LogP contribution in [0.25, 0.3) is 0 Å². The number of nitrogen functional groups attached to an aromatic ring is 1. The lowest BCUT2D eigenvalue weighted by Crippen LogP contribution is -2.54. The minimum Gasteiger partial charge on any atom is -0.394 e. The molecule has 1 amide bonds. The van der Waals surface area contributed by atoms with Crippen molar-refractivity contribution in [2.45, 2.75) is 18.4 Å². The van der Waals surface area contributed by atoms with Gasteiger partial charge in [0.1, 0.15) is 0 Å². The first-order valence-corrected chi connectivity index (χ1v) is 5.26. The molecule has 1 aromatic rings. The SMILES string of the molecule is Nc1nonc1C(=O)NC1(CO)CCOCC1. The Kier molecular flexibility index (Phi) is 3.25. The number of amides is 1. The number of carbonyl (C=O) groups excluding carboxylic acids is 1. The molecular formula is C9H14N4O4. The lowest BCUT2D eigenvalue weighted by atomic mass is 9.91. The number of rotatable bonds is 3. The second-order valence-corrected chi connectivity index (χ2v) is 4.00. The summed E-state index contributed by atoms with van der Waals surface area (Å²) < 4.78 is 9.54. The van der Waals surface area contributed by atoms with E-state index in [2.05, 4.69) is 20.3 Å². The summed E-state index contributed by atoms with van der Waals surface area (Å²) in [5.41, 5.74) is 4.67. The van der Waals surface area contributed by atoms with Crippen molar-refractivity contribution in [3.05, 3.63) is 5.69 Å². The Morgan fingerprint density at radius 3 is 2.71 bits per heavy atom. The molecule has 0 aromatic carbocycles. The highest BCUT2D eigenvalue weighted by atomic mass is 16.6. The quantitative estimate of drug-likeness (QED) is 0.616. The van der Waals surface area contributed by atoms with Crippen molar-refractivity contribution in [3.8, 4) is 0 Å². The topological polar surface area (TPSA) is 124 Å². The molecule has 0 radical (unpaired) electrons. The molecule has 0 aliphatic carbocycles. The highest BCUT2D eigenvalue weighted by molar-refractivity contribution is 5.96. The van der Waals surface area contributed by atoms with Crippen molar-refractivity contribution < 1.29 is 19.3 Å². The molecule has 0 bridgehead atoms. The zero-order valence-electron chi connectivity index (χ0n) is 9.18. The van der Waals surface area contributed by atoms with Crippen LogP contribution in [0.3, 0.4) is 0 Å². The van der Waals surface area contributed by atoms with Crippen molar-refractivity contribution >= 4 is 11.7 Å². The molecular weight excluding hydrogens is 228 g/mol. The summed E-state index contributed by atoms with van der Waals surface area (Å²) >= 11 is 0. The molecule has 94 valence electrons. The summed E-state index contributed by atoms with van der Waals surface area (Å²) in [4.78, 5) is 11.9. The van der Waals surface area contributed by atoms with Crippen molar-refractivity contribution in [2.75, 3.05) is 25.6 Å². The van der Waals surface area contributed by atoms with E-state index in [-0.39, 0.29) is 18.1 Å². The number of nitrogens with one attached hydrogen (secondary N) is 1. The Morgan fingerprint density at radius 1 is 1.47 bits per heavy atom. The van der Waals surface area contributed by atoms with Crippen molar-refractivity contribution in [2.24, 2.45) is 0 Å². The molecule has 1 fully saturated rings. The van der Waals surface area contributed by atoms with Crippen LogP contribution in [0.4, 0.5) is 5.82 Å². The van der Waals surface area contributed by atoms with E-state index in [9.17, 15) is 9.90 Å². The van der Waals surface area contributed by atoms with Gasteiger partial charge < -0.3 is 20.9 Å². The number of aromatic nitrogens is 2. The molecule has 0 unspecified atom stereocenters. The minimum atomic E-state index is -0.680. The highest BCUT2D eigenvalue weighted by Crippen LogP contribution is 2.21. The smallest absolute Gasteiger partial charge is 0.277 e. The van der Waals surface area contributed by atoms with Gasteiger partial charge in [-0.3, -0.25) is 4.79 Å². The van der Waals surface area contributed by atoms with Gasteiger partial charge in [-0.25, -0.2) is 4.63 Å². The van der Waals surface area contributed by atoms with Crippen molar-refractivity contribution in [1.29, 1.82) is 0 Å². The molecule has 1 saturated heterocycles. The van der Waals surface area contributed by atoms with Crippen LogP contribution in [0, 0.1) is 0 Å². The van der Waals surface area contributed by atoms with E-state index in [0.717, 1.165) is 0 Å². The molecule has 0 atom stereocenters. The first kappa shape index (κ1) is 11.8. The molecule has 8 heteroatoms. The van der Waals surface area contributed by atoms with E-state index in [0.29, 0.717) is 26.1 Å². The maximum Gasteiger partial charge on any atom is 0.277 e. The lowest BCUT2D eigenvalue weighted by molar-refractivity contribution is 0.0124. The average molecular weight is 242 g/mol. The van der Waals surface area contributed by atoms with Crippen LogP contribution >= 0.6 is 0 Å². The number of nitrogens with zero attached hydrogens (tertiary/aromatic N) is 2. The van der Waals surface area contributed by atoms with Gasteiger partial charge in [0.05, 0.1) is 12.1 Å². The maximum absolute atomic E-state index is 11.9. The number of anilines is 1. The number of aliphatic hydroxyl groups excluding tert-OH is 1. The second-order valence-electron chi connectivity index (χ2n) is 4.00. The number of hydrogen-bond donors (Lipinski definition) is 3. The molecule has 0 spiro atoms. The number of ether oxygens (including phenoxy) is 1. The summed E-state index contributed by atoms with van der Waals surface area (Å²) in [6.45, 7) is 0.827. The van der Waals surface area contributed by atoms with Gasteiger partial charge in [-0.1, -0.05) is 0 Å². The fourth-order valence-electron chi connectivity index (χ4n) is 1.74. The van der Waals surface area contributed by atoms with Crippen LogP contribution in [-0.2, 0) is 4.74 Å². The molecule has 2 heterocycles. The van der Waals surface area contributed by atoms with Gasteiger partial charge in [0.2, 0.25) is 11.5 Å². The zero-order valence-corrected chi connectivity index (χ0v) is 9.18. The summed E-state index contributed by atoms with van der Waals surface area (Å²) in [5, 5.41) is 18.8. The van der Waals surface area contributed by atoms with Crippen LogP contribution < -0.4 is 11.1 Å². The second kappa shape index (κ2) is 4.68. The highest BCUT2D eigenvalue weighted by Gasteiger charge is 2.35. The Morgan fingerprint density at radius 2 is 2.18 bits per heavy atom. The first-order valence-electron chi connectivity index (χ1n) is 5.26. The maximum atomic E-state index is 11.9. The monoisotopic (exact) mass is 242 g/mol. The predicted octanol–water partition coefficient (Wildman–Crippen LogP) is -1.08. The van der Waals surface area contributed by atoms with Crippen LogP contribution in [0.2, 0.25) is 0 Å². The average Bonchev–Trinajstić information content (AvgIpc) is 2.77. The Labute approximate surface area is 97.1 Å². The fourth-order valence-corrected chi connectivity index (χ4v) is 1.74. The molecule has 2 rings (SSSR count). The largest absolute Gasteiger partial charge is 0.394 e. The fraction of sp³-hybridized carbons (Fsp3) is 0.667. The third-order valence-corrected chi connectivity index (χ3v) is 2.86. The zero-order chi connectivity index (χ0) is 12.3. The molecule has 17 heavy (non-hydrogen) atoms. The van der Waals surface area contributed by atoms with E-state index < -0.39 is 11.4 Å². The van der Waals surface area contributed by atoms with Gasteiger partial charge in [0.15, 0.2) is 0 Å². The Hall–Kier alpha value is -1.67. The Balaban J connectivity index is 2.08. The molecule has 8 nitrogen and oxygen atoms in total. The first-order chi connectivity index (χ1) is 8.17. The predicted molar refractivity (Wildman–Crippen MR) is 56.0 cm³/mol. The molecule has 0 saturated carbocycles. The number of nitrogens with two attached hydrogens (primary N) is 1. The number of aliphatic hydroxyl groups is 1. The third-order valence-electron chi connectivity index (χ3n) is 2.86. The molecule has 1 aliphatic heterocycles. The van der Waals surface area contributed by atoms with Gasteiger partial charge in [-0.05, 0) is 23.2 Å². The van der Waals surface area contributed by atoms with Gasteiger partial charge >= 0.3 is 0 Å². The van der Waals surface area contributed by atoms with Gasteiger partial charge in [0.25, 0.3) is 5.91 Å².